The van der Waals surface area contributed by atoms with Gasteiger partial charge in [0.05, 0.1) is 12.7 Å². The van der Waals surface area contributed by atoms with Gasteiger partial charge in [-0.2, -0.15) is 0 Å². The van der Waals surface area contributed by atoms with E-state index in [1.165, 1.54) is 0 Å². The number of aliphatic hydroxyl groups excluding tert-OH is 1. The largest absolute Gasteiger partial charge is 0.379 e. The van der Waals surface area contributed by atoms with Gasteiger partial charge in [-0.15, -0.1) is 0 Å². The second kappa shape index (κ2) is 5.58. The van der Waals surface area contributed by atoms with Crippen LogP contribution in [-0.2, 0) is 9.47 Å². The molecular weight excluding hydrogens is 168 g/mol. The van der Waals surface area contributed by atoms with E-state index < -0.39 is 6.29 Å². The topological polar surface area (TPSA) is 38.7 Å². The Kier molecular flexibility index (Phi) is 4.70. The van der Waals surface area contributed by atoms with Gasteiger partial charge in [0.25, 0.3) is 0 Å². The van der Waals surface area contributed by atoms with Gasteiger partial charge in [0.2, 0.25) is 0 Å². The molecule has 0 amide bonds. The first kappa shape index (κ1) is 11.0. The van der Waals surface area contributed by atoms with E-state index in [1.54, 1.807) is 0 Å². The quantitative estimate of drug-likeness (QED) is 0.665. The molecule has 1 saturated heterocycles. The third-order valence-electron chi connectivity index (χ3n) is 2.40. The zero-order valence-corrected chi connectivity index (χ0v) is 8.53. The monoisotopic (exact) mass is 188 g/mol. The number of ether oxygens (including phenoxy) is 2. The lowest BCUT2D eigenvalue weighted by atomic mass is 10.1. The van der Waals surface area contributed by atoms with Crippen LogP contribution in [0.5, 0.6) is 0 Å². The van der Waals surface area contributed by atoms with Crippen LogP contribution < -0.4 is 0 Å². The van der Waals surface area contributed by atoms with Crippen molar-refractivity contribution in [3.8, 4) is 0 Å². The predicted molar refractivity (Wildman–Crippen MR) is 50.4 cm³/mol. The van der Waals surface area contributed by atoms with Crippen molar-refractivity contribution in [1.82, 2.24) is 0 Å². The van der Waals surface area contributed by atoms with Crippen LogP contribution in [0.1, 0.15) is 33.1 Å². The van der Waals surface area contributed by atoms with Crippen molar-refractivity contribution in [1.29, 1.82) is 0 Å². The van der Waals surface area contributed by atoms with Crippen molar-refractivity contribution >= 4 is 0 Å². The Morgan fingerprint density at radius 2 is 2.31 bits per heavy atom. The van der Waals surface area contributed by atoms with Crippen LogP contribution in [0.25, 0.3) is 0 Å². The summed E-state index contributed by atoms with van der Waals surface area (Å²) in [5, 5.41) is 9.29. The second-order valence-electron chi connectivity index (χ2n) is 3.79. The molecule has 3 nitrogen and oxygen atoms in total. The summed E-state index contributed by atoms with van der Waals surface area (Å²) >= 11 is 0. The minimum absolute atomic E-state index is 0.0989. The maximum Gasteiger partial charge on any atom is 0.157 e. The third kappa shape index (κ3) is 3.63. The summed E-state index contributed by atoms with van der Waals surface area (Å²) in [5.74, 6) is 0.250. The van der Waals surface area contributed by atoms with Gasteiger partial charge in [-0.3, -0.25) is 0 Å². The number of unbranched alkanes of at least 4 members (excludes halogenated alkanes) is 1. The van der Waals surface area contributed by atoms with Crippen molar-refractivity contribution in [3.05, 3.63) is 0 Å². The molecule has 0 bridgehead atoms. The van der Waals surface area contributed by atoms with Crippen molar-refractivity contribution < 1.29 is 14.6 Å². The minimum Gasteiger partial charge on any atom is -0.379 e. The van der Waals surface area contributed by atoms with E-state index in [2.05, 4.69) is 6.92 Å². The molecule has 3 heteroatoms. The van der Waals surface area contributed by atoms with Crippen molar-refractivity contribution in [2.75, 3.05) is 13.2 Å². The summed E-state index contributed by atoms with van der Waals surface area (Å²) in [7, 11) is 0. The highest BCUT2D eigenvalue weighted by atomic mass is 16.6. The van der Waals surface area contributed by atoms with Crippen LogP contribution in [0.4, 0.5) is 0 Å². The Hall–Kier alpha value is -0.120. The van der Waals surface area contributed by atoms with Crippen LogP contribution >= 0.6 is 0 Å². The molecule has 13 heavy (non-hydrogen) atoms. The molecule has 0 aromatic carbocycles. The number of aliphatic hydroxyl groups is 1. The molecule has 1 N–H and O–H groups in total. The van der Waals surface area contributed by atoms with Gasteiger partial charge >= 0.3 is 0 Å². The average Bonchev–Trinajstić information content (AvgIpc) is 2.41. The van der Waals surface area contributed by atoms with Crippen molar-refractivity contribution in [3.63, 3.8) is 0 Å². The van der Waals surface area contributed by atoms with E-state index in [4.69, 9.17) is 9.47 Å². The highest BCUT2D eigenvalue weighted by molar-refractivity contribution is 4.72. The van der Waals surface area contributed by atoms with E-state index in [0.717, 1.165) is 25.9 Å². The molecule has 1 aliphatic rings. The summed E-state index contributed by atoms with van der Waals surface area (Å²) < 4.78 is 10.7. The third-order valence-corrected chi connectivity index (χ3v) is 2.40. The summed E-state index contributed by atoms with van der Waals surface area (Å²) in [6, 6.07) is 0. The predicted octanol–water partition coefficient (Wildman–Crippen LogP) is 1.55. The SMILES string of the molecule is CCCCOCC1C[C@H](C)C(O)O1. The Balaban J connectivity index is 2.03. The number of hydrogen-bond acceptors (Lipinski definition) is 3. The summed E-state index contributed by atoms with van der Waals surface area (Å²) in [4.78, 5) is 0. The van der Waals surface area contributed by atoms with Crippen molar-refractivity contribution in [2.45, 2.75) is 45.5 Å². The normalized spacial score (nSPS) is 33.9. The average molecular weight is 188 g/mol. The molecule has 1 fully saturated rings. The zero-order valence-electron chi connectivity index (χ0n) is 8.53. The van der Waals surface area contributed by atoms with E-state index in [-0.39, 0.29) is 12.0 Å². The highest BCUT2D eigenvalue weighted by Crippen LogP contribution is 2.24. The second-order valence-corrected chi connectivity index (χ2v) is 3.79. The molecule has 78 valence electrons. The molecule has 1 heterocycles. The summed E-state index contributed by atoms with van der Waals surface area (Å²) in [5.41, 5.74) is 0. The molecule has 0 aromatic heterocycles. The molecule has 1 aliphatic heterocycles. The molecule has 0 aliphatic carbocycles. The molecule has 0 saturated carbocycles. The van der Waals surface area contributed by atoms with Crippen LogP contribution in [0, 0.1) is 5.92 Å². The number of hydrogen-bond donors (Lipinski definition) is 1. The number of rotatable bonds is 5. The molecule has 1 rings (SSSR count). The first-order valence-corrected chi connectivity index (χ1v) is 5.15. The zero-order chi connectivity index (χ0) is 9.68. The fraction of sp³-hybridized carbons (Fsp3) is 1.00. The Labute approximate surface area is 80.0 Å². The van der Waals surface area contributed by atoms with Gasteiger partial charge in [0, 0.05) is 12.5 Å². The van der Waals surface area contributed by atoms with Gasteiger partial charge in [-0.1, -0.05) is 20.3 Å². The van der Waals surface area contributed by atoms with Crippen molar-refractivity contribution in [2.24, 2.45) is 5.92 Å². The van der Waals surface area contributed by atoms with Gasteiger partial charge < -0.3 is 14.6 Å². The molecule has 3 atom stereocenters. The molecule has 0 spiro atoms. The van der Waals surface area contributed by atoms with E-state index >= 15 is 0 Å². The summed E-state index contributed by atoms with van der Waals surface area (Å²) in [6.45, 7) is 5.57. The first-order chi connectivity index (χ1) is 6.24. The Bertz CT molecular complexity index is 128. The van der Waals surface area contributed by atoms with E-state index in [9.17, 15) is 5.11 Å². The molecular formula is C10H20O3. The fourth-order valence-electron chi connectivity index (χ4n) is 1.49. The van der Waals surface area contributed by atoms with E-state index in [0.29, 0.717) is 6.61 Å². The lowest BCUT2D eigenvalue weighted by Crippen LogP contribution is -2.17. The molecule has 2 unspecified atom stereocenters. The maximum atomic E-state index is 9.29. The highest BCUT2D eigenvalue weighted by Gasteiger charge is 2.30. The smallest absolute Gasteiger partial charge is 0.157 e. The maximum absolute atomic E-state index is 9.29. The van der Waals surface area contributed by atoms with Crippen LogP contribution in [-0.4, -0.2) is 30.7 Å². The van der Waals surface area contributed by atoms with Gasteiger partial charge in [-0.05, 0) is 12.8 Å². The van der Waals surface area contributed by atoms with E-state index in [1.807, 2.05) is 6.92 Å². The van der Waals surface area contributed by atoms with Crippen LogP contribution in [0.2, 0.25) is 0 Å². The van der Waals surface area contributed by atoms with Gasteiger partial charge in [0.1, 0.15) is 0 Å². The Morgan fingerprint density at radius 1 is 1.54 bits per heavy atom. The fourth-order valence-corrected chi connectivity index (χ4v) is 1.49. The molecule has 0 radical (unpaired) electrons. The summed E-state index contributed by atoms with van der Waals surface area (Å²) in [6.07, 6.45) is 2.68. The lowest BCUT2D eigenvalue weighted by Gasteiger charge is -2.10. The van der Waals surface area contributed by atoms with Gasteiger partial charge in [0.15, 0.2) is 6.29 Å². The molecule has 0 aromatic rings. The van der Waals surface area contributed by atoms with Crippen LogP contribution in [0.3, 0.4) is 0 Å². The lowest BCUT2D eigenvalue weighted by molar-refractivity contribution is -0.120. The van der Waals surface area contributed by atoms with Crippen LogP contribution in [0.15, 0.2) is 0 Å². The Morgan fingerprint density at radius 3 is 2.85 bits per heavy atom. The minimum atomic E-state index is -0.584. The van der Waals surface area contributed by atoms with Gasteiger partial charge in [-0.25, -0.2) is 0 Å². The first-order valence-electron chi connectivity index (χ1n) is 5.15. The standard InChI is InChI=1S/C10H20O3/c1-3-4-5-12-7-9-6-8(2)10(11)13-9/h8-11H,3-7H2,1-2H3/t8-,9?,10?/m0/s1.